The predicted octanol–water partition coefficient (Wildman–Crippen LogP) is 3.47. The van der Waals surface area contributed by atoms with E-state index in [1.54, 1.807) is 14.2 Å². The first kappa shape index (κ1) is 13.2. The summed E-state index contributed by atoms with van der Waals surface area (Å²) in [5.41, 5.74) is 7.13. The number of benzene rings is 1. The molecule has 1 atom stereocenters. The smallest absolute Gasteiger partial charge is 0.165 e. The molecule has 1 aromatic carbocycles. The summed E-state index contributed by atoms with van der Waals surface area (Å²) in [6.45, 7) is 0. The van der Waals surface area contributed by atoms with Crippen LogP contribution in [-0.2, 0) is 0 Å². The van der Waals surface area contributed by atoms with Gasteiger partial charge in [-0.2, -0.15) is 0 Å². The Hall–Kier alpha value is -1.23. The number of rotatable bonds is 4. The van der Waals surface area contributed by atoms with Gasteiger partial charge < -0.3 is 15.2 Å². The average Bonchev–Trinajstić information content (AvgIpc) is 2.83. The summed E-state index contributed by atoms with van der Waals surface area (Å²) >= 11 is 7.40. The summed E-state index contributed by atoms with van der Waals surface area (Å²) in [5, 5.41) is 0. The Labute approximate surface area is 115 Å². The molecule has 0 radical (unpaired) electrons. The van der Waals surface area contributed by atoms with Gasteiger partial charge in [-0.15, -0.1) is 11.3 Å². The second kappa shape index (κ2) is 5.61. The van der Waals surface area contributed by atoms with E-state index in [0.29, 0.717) is 11.5 Å². The monoisotopic (exact) mass is 283 g/mol. The van der Waals surface area contributed by atoms with Gasteiger partial charge in [0, 0.05) is 10.4 Å². The van der Waals surface area contributed by atoms with Gasteiger partial charge in [-0.1, -0.05) is 23.7 Å². The highest BCUT2D eigenvalue weighted by Crippen LogP contribution is 2.38. The van der Waals surface area contributed by atoms with Crippen molar-refractivity contribution in [1.29, 1.82) is 0 Å². The molecule has 2 rings (SSSR count). The molecule has 5 heteroatoms. The van der Waals surface area contributed by atoms with Crippen LogP contribution in [0.2, 0.25) is 4.34 Å². The molecule has 1 aromatic heterocycles. The Morgan fingerprint density at radius 2 is 1.94 bits per heavy atom. The number of methoxy groups -OCH3 is 2. The molecule has 0 amide bonds. The van der Waals surface area contributed by atoms with E-state index in [1.165, 1.54) is 11.3 Å². The van der Waals surface area contributed by atoms with Crippen LogP contribution < -0.4 is 15.2 Å². The second-order valence-electron chi connectivity index (χ2n) is 3.70. The molecule has 3 nitrogen and oxygen atoms in total. The molecule has 96 valence electrons. The van der Waals surface area contributed by atoms with E-state index >= 15 is 0 Å². The number of nitrogens with two attached hydrogens (primary N) is 1. The Kier molecular flexibility index (Phi) is 4.11. The van der Waals surface area contributed by atoms with Crippen molar-refractivity contribution < 1.29 is 9.47 Å². The van der Waals surface area contributed by atoms with Crippen LogP contribution in [-0.4, -0.2) is 14.2 Å². The van der Waals surface area contributed by atoms with E-state index < -0.39 is 0 Å². The Morgan fingerprint density at radius 3 is 2.50 bits per heavy atom. The van der Waals surface area contributed by atoms with Crippen LogP contribution in [0.1, 0.15) is 16.5 Å². The van der Waals surface area contributed by atoms with Crippen LogP contribution in [0.25, 0.3) is 0 Å². The minimum atomic E-state index is -0.271. The van der Waals surface area contributed by atoms with Crippen molar-refractivity contribution in [3.05, 3.63) is 45.1 Å². The highest BCUT2D eigenvalue weighted by Gasteiger charge is 2.18. The van der Waals surface area contributed by atoms with Crippen LogP contribution in [0.3, 0.4) is 0 Å². The fraction of sp³-hybridized carbons (Fsp3) is 0.231. The van der Waals surface area contributed by atoms with Crippen molar-refractivity contribution >= 4 is 22.9 Å². The summed E-state index contributed by atoms with van der Waals surface area (Å²) in [7, 11) is 3.21. The SMILES string of the molecule is COc1cccc(C(N)c2ccc(Cl)s2)c1OC. The molecule has 0 aliphatic rings. The highest BCUT2D eigenvalue weighted by atomic mass is 35.5. The Bertz CT molecular complexity index is 542. The normalized spacial score (nSPS) is 12.2. The molecule has 18 heavy (non-hydrogen) atoms. The lowest BCUT2D eigenvalue weighted by atomic mass is 10.0. The minimum absolute atomic E-state index is 0.271. The quantitative estimate of drug-likeness (QED) is 0.934. The van der Waals surface area contributed by atoms with Crippen LogP contribution in [0.15, 0.2) is 30.3 Å². The van der Waals surface area contributed by atoms with E-state index in [-0.39, 0.29) is 6.04 Å². The van der Waals surface area contributed by atoms with E-state index in [2.05, 4.69) is 0 Å². The fourth-order valence-electron chi connectivity index (χ4n) is 1.81. The van der Waals surface area contributed by atoms with Crippen LogP contribution in [0, 0.1) is 0 Å². The zero-order chi connectivity index (χ0) is 13.1. The first-order valence-corrected chi connectivity index (χ1v) is 6.58. The first-order valence-electron chi connectivity index (χ1n) is 5.39. The molecule has 0 bridgehead atoms. The Morgan fingerprint density at radius 1 is 1.17 bits per heavy atom. The summed E-state index contributed by atoms with van der Waals surface area (Å²) in [6.07, 6.45) is 0. The number of ether oxygens (including phenoxy) is 2. The van der Waals surface area contributed by atoms with Gasteiger partial charge >= 0.3 is 0 Å². The van der Waals surface area contributed by atoms with Gasteiger partial charge in [0.2, 0.25) is 0 Å². The predicted molar refractivity (Wildman–Crippen MR) is 74.9 cm³/mol. The number of hydrogen-bond acceptors (Lipinski definition) is 4. The molecule has 0 fully saturated rings. The van der Waals surface area contributed by atoms with E-state index in [4.69, 9.17) is 26.8 Å². The minimum Gasteiger partial charge on any atom is -0.493 e. The second-order valence-corrected chi connectivity index (χ2v) is 5.45. The third-order valence-electron chi connectivity index (χ3n) is 2.67. The number of halogens is 1. The van der Waals surface area contributed by atoms with Crippen molar-refractivity contribution in [2.24, 2.45) is 5.73 Å². The van der Waals surface area contributed by atoms with Crippen molar-refractivity contribution in [3.8, 4) is 11.5 Å². The van der Waals surface area contributed by atoms with Crippen molar-refractivity contribution in [2.45, 2.75) is 6.04 Å². The van der Waals surface area contributed by atoms with Gasteiger partial charge in [-0.3, -0.25) is 0 Å². The molecular weight excluding hydrogens is 270 g/mol. The third-order valence-corrected chi connectivity index (χ3v) is 3.98. The molecule has 1 unspecified atom stereocenters. The van der Waals surface area contributed by atoms with Crippen LogP contribution >= 0.6 is 22.9 Å². The zero-order valence-corrected chi connectivity index (χ0v) is 11.7. The fourth-order valence-corrected chi connectivity index (χ4v) is 2.89. The molecule has 2 N–H and O–H groups in total. The summed E-state index contributed by atoms with van der Waals surface area (Å²) in [6, 6.07) is 9.17. The summed E-state index contributed by atoms with van der Waals surface area (Å²) in [4.78, 5) is 0.992. The van der Waals surface area contributed by atoms with Gasteiger partial charge in [0.15, 0.2) is 11.5 Å². The lowest BCUT2D eigenvalue weighted by molar-refractivity contribution is 0.350. The van der Waals surface area contributed by atoms with Crippen molar-refractivity contribution in [3.63, 3.8) is 0 Å². The van der Waals surface area contributed by atoms with Crippen molar-refractivity contribution in [2.75, 3.05) is 14.2 Å². The molecule has 1 heterocycles. The zero-order valence-electron chi connectivity index (χ0n) is 10.1. The highest BCUT2D eigenvalue weighted by molar-refractivity contribution is 7.16. The third kappa shape index (κ3) is 2.46. The number of thiophene rings is 1. The van der Waals surface area contributed by atoms with E-state index in [9.17, 15) is 0 Å². The largest absolute Gasteiger partial charge is 0.493 e. The topological polar surface area (TPSA) is 44.5 Å². The average molecular weight is 284 g/mol. The van der Waals surface area contributed by atoms with E-state index in [0.717, 1.165) is 14.8 Å². The van der Waals surface area contributed by atoms with Gasteiger partial charge in [-0.25, -0.2) is 0 Å². The number of hydrogen-bond donors (Lipinski definition) is 1. The lowest BCUT2D eigenvalue weighted by Crippen LogP contribution is -2.12. The lowest BCUT2D eigenvalue weighted by Gasteiger charge is -2.16. The van der Waals surface area contributed by atoms with Crippen LogP contribution in [0.5, 0.6) is 11.5 Å². The first-order chi connectivity index (χ1) is 8.67. The molecular formula is C13H14ClNO2S. The van der Waals surface area contributed by atoms with Gasteiger partial charge in [0.1, 0.15) is 0 Å². The molecule has 0 spiro atoms. The van der Waals surface area contributed by atoms with Gasteiger partial charge in [0.25, 0.3) is 0 Å². The molecule has 0 aliphatic carbocycles. The molecule has 0 saturated carbocycles. The maximum Gasteiger partial charge on any atom is 0.165 e. The maximum atomic E-state index is 6.25. The van der Waals surface area contributed by atoms with Gasteiger partial charge in [-0.05, 0) is 18.2 Å². The Balaban J connectivity index is 2.44. The molecule has 0 saturated heterocycles. The van der Waals surface area contributed by atoms with Crippen molar-refractivity contribution in [1.82, 2.24) is 0 Å². The molecule has 0 aliphatic heterocycles. The summed E-state index contributed by atoms with van der Waals surface area (Å²) in [5.74, 6) is 1.34. The van der Waals surface area contributed by atoms with Gasteiger partial charge in [0.05, 0.1) is 24.6 Å². The maximum absolute atomic E-state index is 6.25. The van der Waals surface area contributed by atoms with Crippen LogP contribution in [0.4, 0.5) is 0 Å². The standard InChI is InChI=1S/C13H14ClNO2S/c1-16-9-5-3-4-8(13(9)17-2)12(15)10-6-7-11(14)18-10/h3-7,12H,15H2,1-2H3. The number of para-hydroxylation sites is 1. The van der Waals surface area contributed by atoms with E-state index in [1.807, 2.05) is 30.3 Å². The molecule has 2 aromatic rings. The summed E-state index contributed by atoms with van der Waals surface area (Å²) < 4.78 is 11.4.